The van der Waals surface area contributed by atoms with Gasteiger partial charge in [0.15, 0.2) is 18.2 Å². The van der Waals surface area contributed by atoms with Gasteiger partial charge in [-0.05, 0) is 69.8 Å². The van der Waals surface area contributed by atoms with Crippen LogP contribution in [-0.4, -0.2) is 79.0 Å². The molecule has 2 aromatic rings. The predicted molar refractivity (Wildman–Crippen MR) is 134 cm³/mol. The summed E-state index contributed by atoms with van der Waals surface area (Å²) in [4.78, 5) is 25.0. The Bertz CT molecular complexity index is 947. The number of aromatic nitrogens is 2. The van der Waals surface area contributed by atoms with Gasteiger partial charge in [0, 0.05) is 37.6 Å². The zero-order chi connectivity index (χ0) is 24.3. The lowest BCUT2D eigenvalue weighted by Crippen LogP contribution is -2.36. The minimum absolute atomic E-state index is 0.0107. The highest BCUT2D eigenvalue weighted by molar-refractivity contribution is 5.67. The van der Waals surface area contributed by atoms with Crippen LogP contribution in [0.3, 0.4) is 0 Å². The molecule has 2 aliphatic heterocycles. The molecule has 3 heterocycles. The van der Waals surface area contributed by atoms with Crippen LogP contribution in [-0.2, 0) is 4.74 Å². The van der Waals surface area contributed by atoms with Gasteiger partial charge < -0.3 is 34.6 Å². The number of piperidine rings is 1. The Kier molecular flexibility index (Phi) is 9.22. The fourth-order valence-electron chi connectivity index (χ4n) is 4.34. The summed E-state index contributed by atoms with van der Waals surface area (Å²) in [6, 6.07) is 7.46. The summed E-state index contributed by atoms with van der Waals surface area (Å²) >= 11 is 0. The maximum Gasteiger partial charge on any atom is 0.411 e. The van der Waals surface area contributed by atoms with Crippen LogP contribution in [0.5, 0.6) is 11.5 Å². The third-order valence-electron chi connectivity index (χ3n) is 6.21. The van der Waals surface area contributed by atoms with E-state index in [9.17, 15) is 4.79 Å². The van der Waals surface area contributed by atoms with Crippen LogP contribution in [0.4, 0.5) is 22.2 Å². The number of benzene rings is 1. The van der Waals surface area contributed by atoms with Crippen molar-refractivity contribution in [1.29, 1.82) is 0 Å². The van der Waals surface area contributed by atoms with Crippen molar-refractivity contribution >= 4 is 23.5 Å². The Balaban J connectivity index is 1.27. The Morgan fingerprint density at radius 3 is 2.63 bits per heavy atom. The number of carbonyl (C=O) groups excluding carboxylic acids is 1. The fourth-order valence-corrected chi connectivity index (χ4v) is 4.34. The van der Waals surface area contributed by atoms with E-state index in [1.165, 1.54) is 25.9 Å². The third-order valence-corrected chi connectivity index (χ3v) is 6.21. The van der Waals surface area contributed by atoms with Gasteiger partial charge in [0.05, 0.1) is 13.7 Å². The third kappa shape index (κ3) is 7.61. The van der Waals surface area contributed by atoms with E-state index >= 15 is 0 Å². The number of nitrogens with one attached hydrogen (secondary N) is 2. The molecule has 10 nitrogen and oxygen atoms in total. The topological polar surface area (TPSA) is 101 Å². The number of ether oxygens (including phenoxy) is 3. The van der Waals surface area contributed by atoms with Gasteiger partial charge >= 0.3 is 6.09 Å². The molecule has 2 aliphatic rings. The van der Waals surface area contributed by atoms with Crippen LogP contribution in [0.25, 0.3) is 0 Å². The van der Waals surface area contributed by atoms with Gasteiger partial charge in [-0.15, -0.1) is 0 Å². The van der Waals surface area contributed by atoms with E-state index in [2.05, 4.69) is 25.5 Å². The van der Waals surface area contributed by atoms with Crippen molar-refractivity contribution in [2.45, 2.75) is 38.5 Å². The molecule has 1 aromatic carbocycles. The largest absolute Gasteiger partial charge is 0.493 e. The van der Waals surface area contributed by atoms with Crippen LogP contribution >= 0.6 is 0 Å². The fraction of sp³-hybridized carbons (Fsp3) is 0.560. The molecule has 0 saturated carbocycles. The van der Waals surface area contributed by atoms with Gasteiger partial charge in [-0.3, -0.25) is 0 Å². The maximum atomic E-state index is 12.1. The van der Waals surface area contributed by atoms with E-state index in [4.69, 9.17) is 14.2 Å². The van der Waals surface area contributed by atoms with Crippen LogP contribution < -0.4 is 20.1 Å². The second kappa shape index (κ2) is 13.0. The summed E-state index contributed by atoms with van der Waals surface area (Å²) in [5.74, 6) is 2.36. The molecule has 0 spiro atoms. The highest BCUT2D eigenvalue weighted by Gasteiger charge is 2.17. The second-order valence-electron chi connectivity index (χ2n) is 8.79. The van der Waals surface area contributed by atoms with E-state index in [-0.39, 0.29) is 12.8 Å². The Morgan fingerprint density at radius 1 is 1.03 bits per heavy atom. The Hall–Kier alpha value is -3.27. The standard InChI is InChI=1S/C25H36N6O4/c1-33-21-9-8-20(18-22(21)34-17-7-14-30-12-5-6-13-30)28-23-10-11-26-24(29-23)27-19-35-25(32)31-15-3-2-4-16-31/h8-11,18H,2-7,12-17,19H2,1H3,(H2,26,27,28,29). The number of carbonyl (C=O) groups is 1. The first kappa shape index (κ1) is 24.8. The summed E-state index contributed by atoms with van der Waals surface area (Å²) in [6.07, 6.45) is 8.12. The van der Waals surface area contributed by atoms with Crippen molar-refractivity contribution in [3.8, 4) is 11.5 Å². The number of amides is 1. The van der Waals surface area contributed by atoms with Crippen molar-refractivity contribution in [2.24, 2.45) is 0 Å². The van der Waals surface area contributed by atoms with E-state index in [1.807, 2.05) is 18.2 Å². The first-order valence-corrected chi connectivity index (χ1v) is 12.5. The molecule has 0 bridgehead atoms. The highest BCUT2D eigenvalue weighted by Crippen LogP contribution is 2.31. The number of hydrogen-bond acceptors (Lipinski definition) is 9. The number of hydrogen-bond donors (Lipinski definition) is 2. The number of nitrogens with zero attached hydrogens (tertiary/aromatic N) is 4. The molecule has 0 aliphatic carbocycles. The summed E-state index contributed by atoms with van der Waals surface area (Å²) in [5, 5.41) is 6.22. The molecule has 1 amide bonds. The van der Waals surface area contributed by atoms with Crippen molar-refractivity contribution < 1.29 is 19.0 Å². The van der Waals surface area contributed by atoms with E-state index < -0.39 is 0 Å². The van der Waals surface area contributed by atoms with Gasteiger partial charge in [0.1, 0.15) is 5.82 Å². The average molecular weight is 485 g/mol. The first-order chi connectivity index (χ1) is 17.2. The number of anilines is 3. The summed E-state index contributed by atoms with van der Waals surface area (Å²) < 4.78 is 16.8. The summed E-state index contributed by atoms with van der Waals surface area (Å²) in [5.41, 5.74) is 0.821. The van der Waals surface area contributed by atoms with Gasteiger partial charge in [-0.1, -0.05) is 0 Å². The molecule has 4 rings (SSSR count). The van der Waals surface area contributed by atoms with Crippen molar-refractivity contribution in [1.82, 2.24) is 19.8 Å². The monoisotopic (exact) mass is 484 g/mol. The van der Waals surface area contributed by atoms with Gasteiger partial charge in [-0.2, -0.15) is 4.98 Å². The van der Waals surface area contributed by atoms with Crippen molar-refractivity contribution in [3.05, 3.63) is 30.5 Å². The molecule has 0 radical (unpaired) electrons. The molecule has 35 heavy (non-hydrogen) atoms. The normalized spacial score (nSPS) is 16.1. The van der Waals surface area contributed by atoms with Crippen LogP contribution in [0.2, 0.25) is 0 Å². The Labute approximate surface area is 207 Å². The number of methoxy groups -OCH3 is 1. The molecule has 0 atom stereocenters. The van der Waals surface area contributed by atoms with Crippen molar-refractivity contribution in [3.63, 3.8) is 0 Å². The minimum Gasteiger partial charge on any atom is -0.493 e. The molecule has 2 fully saturated rings. The van der Waals surface area contributed by atoms with Crippen molar-refractivity contribution in [2.75, 3.05) is 63.8 Å². The lowest BCUT2D eigenvalue weighted by molar-refractivity contribution is 0.101. The number of likely N-dealkylation sites (tertiary alicyclic amines) is 2. The average Bonchev–Trinajstić information content (AvgIpc) is 3.41. The quantitative estimate of drug-likeness (QED) is 0.361. The number of rotatable bonds is 11. The zero-order valence-electron chi connectivity index (χ0n) is 20.5. The second-order valence-corrected chi connectivity index (χ2v) is 8.79. The van der Waals surface area contributed by atoms with E-state index in [0.29, 0.717) is 29.9 Å². The highest BCUT2D eigenvalue weighted by atomic mass is 16.6. The smallest absolute Gasteiger partial charge is 0.411 e. The van der Waals surface area contributed by atoms with E-state index in [0.717, 1.165) is 51.0 Å². The lowest BCUT2D eigenvalue weighted by Gasteiger charge is -2.25. The SMILES string of the molecule is COc1ccc(Nc2ccnc(NCOC(=O)N3CCCCC3)n2)cc1OCCCN1CCCC1. The predicted octanol–water partition coefficient (Wildman–Crippen LogP) is 4.09. The maximum absolute atomic E-state index is 12.1. The van der Waals surface area contributed by atoms with Crippen LogP contribution in [0.15, 0.2) is 30.5 Å². The molecule has 0 unspecified atom stereocenters. The molecule has 2 saturated heterocycles. The lowest BCUT2D eigenvalue weighted by atomic mass is 10.1. The molecule has 10 heteroatoms. The first-order valence-electron chi connectivity index (χ1n) is 12.5. The van der Waals surface area contributed by atoms with E-state index in [1.54, 1.807) is 24.3 Å². The van der Waals surface area contributed by atoms with Crippen LogP contribution in [0, 0.1) is 0 Å². The molecule has 190 valence electrons. The molecular weight excluding hydrogens is 448 g/mol. The summed E-state index contributed by atoms with van der Waals surface area (Å²) in [6.45, 7) is 5.59. The molecule has 1 aromatic heterocycles. The minimum atomic E-state index is -0.308. The van der Waals surface area contributed by atoms with Gasteiger partial charge in [0.25, 0.3) is 0 Å². The van der Waals surface area contributed by atoms with Gasteiger partial charge in [-0.25, -0.2) is 9.78 Å². The van der Waals surface area contributed by atoms with Gasteiger partial charge in [0.2, 0.25) is 5.95 Å². The van der Waals surface area contributed by atoms with Crippen LogP contribution in [0.1, 0.15) is 38.5 Å². The summed E-state index contributed by atoms with van der Waals surface area (Å²) in [7, 11) is 1.64. The zero-order valence-corrected chi connectivity index (χ0v) is 20.5. The molecular formula is C25H36N6O4. The molecule has 2 N–H and O–H groups in total. The Morgan fingerprint density at radius 2 is 1.83 bits per heavy atom.